The lowest BCUT2D eigenvalue weighted by Gasteiger charge is -2.19. The molecule has 0 heterocycles. The van der Waals surface area contributed by atoms with Gasteiger partial charge in [-0.1, -0.05) is 27.7 Å². The first-order valence-corrected chi connectivity index (χ1v) is 12.7. The van der Waals surface area contributed by atoms with Crippen molar-refractivity contribution in [2.75, 3.05) is 53.2 Å². The predicted molar refractivity (Wildman–Crippen MR) is 110 cm³/mol. The number of nitrogens with zero attached hydrogens (tertiary/aromatic N) is 2. The van der Waals surface area contributed by atoms with E-state index in [9.17, 15) is 0 Å². The maximum absolute atomic E-state index is 2.53. The van der Waals surface area contributed by atoms with Crippen molar-refractivity contribution in [1.29, 1.82) is 0 Å². The van der Waals surface area contributed by atoms with E-state index in [1.54, 1.807) is 0 Å². The summed E-state index contributed by atoms with van der Waals surface area (Å²) in [6, 6.07) is 0. The minimum Gasteiger partial charge on any atom is -0.294 e. The molecule has 0 fully saturated rings. The van der Waals surface area contributed by atoms with Crippen LogP contribution < -0.4 is 0 Å². The first-order chi connectivity index (χ1) is 10.3. The summed E-state index contributed by atoms with van der Waals surface area (Å²) >= 11 is 8.27. The van der Waals surface area contributed by atoms with Gasteiger partial charge in [0.1, 0.15) is 0 Å². The molecule has 0 spiro atoms. The van der Waals surface area contributed by atoms with Gasteiger partial charge >= 0.3 is 0 Å². The summed E-state index contributed by atoms with van der Waals surface area (Å²) in [7, 11) is 0. The van der Waals surface area contributed by atoms with Gasteiger partial charge in [-0.3, -0.25) is 9.80 Å². The zero-order chi connectivity index (χ0) is 15.8. The third kappa shape index (κ3) is 14.6. The smallest absolute Gasteiger partial charge is 0.0452 e. The topological polar surface area (TPSA) is 6.48 Å². The summed E-state index contributed by atoms with van der Waals surface area (Å²) < 4.78 is 0. The van der Waals surface area contributed by atoms with Crippen LogP contribution in [0.3, 0.4) is 0 Å². The van der Waals surface area contributed by atoms with Gasteiger partial charge in [-0.05, 0) is 39.0 Å². The summed E-state index contributed by atoms with van der Waals surface area (Å²) in [6.45, 7) is 13.9. The Labute approximate surface area is 150 Å². The molecule has 0 aromatic heterocycles. The average molecular weight is 371 g/mol. The van der Waals surface area contributed by atoms with Crippen molar-refractivity contribution in [2.45, 2.75) is 40.5 Å². The van der Waals surface area contributed by atoms with E-state index in [0.29, 0.717) is 0 Å². The molecule has 0 rings (SSSR count). The normalized spacial score (nSPS) is 11.7. The van der Waals surface area contributed by atoms with Crippen LogP contribution in [0.5, 0.6) is 0 Å². The average Bonchev–Trinajstić information content (AvgIpc) is 2.50. The lowest BCUT2D eigenvalue weighted by molar-refractivity contribution is 0.339. The van der Waals surface area contributed by atoms with E-state index in [0.717, 1.165) is 0 Å². The Balaban J connectivity index is 3.28. The Morgan fingerprint density at radius 2 is 0.952 bits per heavy atom. The van der Waals surface area contributed by atoms with Crippen molar-refractivity contribution < 1.29 is 0 Å². The SMILES string of the molecule is CCCN(CC)CSCSCSCSCN(CC)CCC. The summed E-state index contributed by atoms with van der Waals surface area (Å²) in [5, 5.41) is 3.70. The molecule has 0 atom stereocenters. The standard InChI is InChI=1S/C15H34N2S4/c1-5-9-16(7-3)11-18-13-20-15-21-14-19-12-17(8-4)10-6-2/h5-15H2,1-4H3. The molecule has 21 heavy (non-hydrogen) atoms. The molecule has 0 amide bonds. The Hall–Kier alpha value is 1.32. The molecule has 0 saturated heterocycles. The fourth-order valence-electron chi connectivity index (χ4n) is 1.84. The van der Waals surface area contributed by atoms with Gasteiger partial charge in [-0.2, -0.15) is 0 Å². The van der Waals surface area contributed by atoms with Gasteiger partial charge in [0.2, 0.25) is 0 Å². The van der Waals surface area contributed by atoms with Gasteiger partial charge in [0, 0.05) is 27.0 Å². The Kier molecular flexibility index (Phi) is 18.8. The van der Waals surface area contributed by atoms with Crippen LogP contribution in [0.2, 0.25) is 0 Å². The van der Waals surface area contributed by atoms with Crippen molar-refractivity contribution in [1.82, 2.24) is 9.80 Å². The predicted octanol–water partition coefficient (Wildman–Crippen LogP) is 5.17. The molecule has 0 unspecified atom stereocenters. The van der Waals surface area contributed by atoms with E-state index >= 15 is 0 Å². The fourth-order valence-corrected chi connectivity index (χ4v) is 6.76. The molecule has 0 aliphatic rings. The molecule has 6 heteroatoms. The van der Waals surface area contributed by atoms with Gasteiger partial charge in [0.05, 0.1) is 0 Å². The highest BCUT2D eigenvalue weighted by molar-refractivity contribution is 8.26. The van der Waals surface area contributed by atoms with Crippen LogP contribution in [0, 0.1) is 0 Å². The molecule has 0 saturated carbocycles. The van der Waals surface area contributed by atoms with Crippen LogP contribution in [-0.2, 0) is 0 Å². The van der Waals surface area contributed by atoms with Gasteiger partial charge in [-0.15, -0.1) is 47.0 Å². The molecule has 2 nitrogen and oxygen atoms in total. The van der Waals surface area contributed by atoms with Crippen LogP contribution in [0.1, 0.15) is 40.5 Å². The second-order valence-electron chi connectivity index (χ2n) is 4.85. The highest BCUT2D eigenvalue weighted by Crippen LogP contribution is 2.21. The van der Waals surface area contributed by atoms with Crippen molar-refractivity contribution in [2.24, 2.45) is 0 Å². The van der Waals surface area contributed by atoms with E-state index in [1.807, 2.05) is 0 Å². The third-order valence-corrected chi connectivity index (χ3v) is 8.12. The molecule has 0 bridgehead atoms. The highest BCUT2D eigenvalue weighted by Gasteiger charge is 2.01. The maximum atomic E-state index is 2.53. The summed E-state index contributed by atoms with van der Waals surface area (Å²) in [5.74, 6) is 2.39. The van der Waals surface area contributed by atoms with Crippen molar-refractivity contribution in [3.63, 3.8) is 0 Å². The molecule has 0 aliphatic heterocycles. The van der Waals surface area contributed by atoms with Gasteiger partial charge in [0.15, 0.2) is 0 Å². The minimum atomic E-state index is 1.18. The minimum absolute atomic E-state index is 1.18. The second-order valence-corrected chi connectivity index (χ2v) is 9.83. The number of rotatable bonds is 16. The summed E-state index contributed by atoms with van der Waals surface area (Å²) in [6.07, 6.45) is 2.53. The largest absolute Gasteiger partial charge is 0.294 e. The maximum Gasteiger partial charge on any atom is 0.0452 e. The molecule has 0 radical (unpaired) electrons. The summed E-state index contributed by atoms with van der Waals surface area (Å²) in [5.41, 5.74) is 0. The highest BCUT2D eigenvalue weighted by atomic mass is 32.2. The molecule has 0 N–H and O–H groups in total. The molecular weight excluding hydrogens is 336 g/mol. The van der Waals surface area contributed by atoms with E-state index in [1.165, 1.54) is 66.0 Å². The van der Waals surface area contributed by atoms with Crippen LogP contribution >= 0.6 is 47.0 Å². The summed E-state index contributed by atoms with van der Waals surface area (Å²) in [4.78, 5) is 5.06. The Morgan fingerprint density at radius 1 is 0.571 bits per heavy atom. The number of thioether (sulfide) groups is 4. The Bertz CT molecular complexity index is 188. The van der Waals surface area contributed by atoms with Crippen LogP contribution in [0.4, 0.5) is 0 Å². The molecule has 0 aromatic carbocycles. The third-order valence-electron chi connectivity index (χ3n) is 3.02. The van der Waals surface area contributed by atoms with E-state index < -0.39 is 0 Å². The van der Waals surface area contributed by atoms with E-state index in [4.69, 9.17) is 0 Å². The van der Waals surface area contributed by atoms with Crippen molar-refractivity contribution >= 4 is 47.0 Å². The molecule has 0 aromatic rings. The first kappa shape index (κ1) is 22.3. The van der Waals surface area contributed by atoms with E-state index in [-0.39, 0.29) is 0 Å². The number of hydrogen-bond donors (Lipinski definition) is 0. The first-order valence-electron chi connectivity index (χ1n) is 8.04. The van der Waals surface area contributed by atoms with Crippen LogP contribution in [0.15, 0.2) is 0 Å². The second kappa shape index (κ2) is 17.7. The zero-order valence-electron chi connectivity index (χ0n) is 14.3. The van der Waals surface area contributed by atoms with E-state index in [2.05, 4.69) is 84.5 Å². The zero-order valence-corrected chi connectivity index (χ0v) is 17.6. The van der Waals surface area contributed by atoms with Gasteiger partial charge in [-0.25, -0.2) is 0 Å². The molecular formula is C15H34N2S4. The molecule has 128 valence electrons. The van der Waals surface area contributed by atoms with Crippen LogP contribution in [0.25, 0.3) is 0 Å². The fraction of sp³-hybridized carbons (Fsp3) is 1.00. The van der Waals surface area contributed by atoms with Gasteiger partial charge < -0.3 is 0 Å². The van der Waals surface area contributed by atoms with Crippen molar-refractivity contribution in [3.05, 3.63) is 0 Å². The van der Waals surface area contributed by atoms with Crippen molar-refractivity contribution in [3.8, 4) is 0 Å². The lowest BCUT2D eigenvalue weighted by Crippen LogP contribution is -2.23. The van der Waals surface area contributed by atoms with Gasteiger partial charge in [0.25, 0.3) is 0 Å². The van der Waals surface area contributed by atoms with Crippen LogP contribution in [-0.4, -0.2) is 63.0 Å². The monoisotopic (exact) mass is 370 g/mol. The quantitative estimate of drug-likeness (QED) is 0.271. The number of hydrogen-bond acceptors (Lipinski definition) is 6. The molecule has 0 aliphatic carbocycles. The lowest BCUT2D eigenvalue weighted by atomic mass is 10.4. The Morgan fingerprint density at radius 3 is 1.29 bits per heavy atom.